The number of esters is 2. The van der Waals surface area contributed by atoms with E-state index in [-0.39, 0.29) is 11.9 Å². The molecule has 6 heteroatoms. The third-order valence-electron chi connectivity index (χ3n) is 7.71. The largest absolute Gasteiger partial charge is 0.493 e. The maximum atomic E-state index is 11.6. The summed E-state index contributed by atoms with van der Waals surface area (Å²) >= 11 is 0. The van der Waals surface area contributed by atoms with Crippen LogP contribution in [0.15, 0.2) is 72.8 Å². The molecule has 44 heavy (non-hydrogen) atoms. The van der Waals surface area contributed by atoms with Crippen molar-refractivity contribution in [2.45, 2.75) is 78.1 Å². The first kappa shape index (κ1) is 32.8. The van der Waals surface area contributed by atoms with Crippen molar-refractivity contribution in [3.05, 3.63) is 72.8 Å². The Labute approximate surface area is 261 Å². The van der Waals surface area contributed by atoms with Crippen molar-refractivity contribution in [3.63, 3.8) is 0 Å². The van der Waals surface area contributed by atoms with Crippen LogP contribution in [-0.4, -0.2) is 38.4 Å². The zero-order chi connectivity index (χ0) is 31.0. The summed E-state index contributed by atoms with van der Waals surface area (Å²) in [7, 11) is 0. The molecule has 0 aliphatic rings. The van der Waals surface area contributed by atoms with E-state index in [0.29, 0.717) is 39.3 Å². The van der Waals surface area contributed by atoms with Gasteiger partial charge in [0, 0.05) is 24.0 Å². The Morgan fingerprint density at radius 2 is 0.909 bits per heavy atom. The van der Waals surface area contributed by atoms with Crippen LogP contribution in [0.25, 0.3) is 32.7 Å². The normalized spacial score (nSPS) is 11.0. The Bertz CT molecular complexity index is 1380. The second-order valence-corrected chi connectivity index (χ2v) is 11.0. The van der Waals surface area contributed by atoms with Gasteiger partial charge in [-0.05, 0) is 73.2 Å². The van der Waals surface area contributed by atoms with Gasteiger partial charge in [-0.25, -0.2) is 0 Å². The number of fused-ring (bicyclic) bond motifs is 2. The molecule has 0 N–H and O–H groups in total. The van der Waals surface area contributed by atoms with Crippen LogP contribution in [0.5, 0.6) is 11.5 Å². The average molecular weight is 599 g/mol. The Hall–Kier alpha value is -4.06. The lowest BCUT2D eigenvalue weighted by Crippen LogP contribution is -2.04. The Morgan fingerprint density at radius 1 is 0.500 bits per heavy atom. The van der Waals surface area contributed by atoms with E-state index < -0.39 is 0 Å². The Morgan fingerprint density at radius 3 is 1.34 bits per heavy atom. The summed E-state index contributed by atoms with van der Waals surface area (Å²) in [4.78, 5) is 23.2. The lowest BCUT2D eigenvalue weighted by atomic mass is 9.92. The molecule has 0 atom stereocenters. The molecule has 0 fully saturated rings. The summed E-state index contributed by atoms with van der Waals surface area (Å²) in [6, 6.07) is 25.2. The van der Waals surface area contributed by atoms with E-state index in [1.54, 1.807) is 0 Å². The molecule has 4 aromatic rings. The number of benzene rings is 4. The fourth-order valence-corrected chi connectivity index (χ4v) is 5.54. The minimum absolute atomic E-state index is 0.119. The number of rotatable bonds is 19. The van der Waals surface area contributed by atoms with E-state index in [9.17, 15) is 9.59 Å². The molecule has 4 aromatic carbocycles. The predicted octanol–water partition coefficient (Wildman–Crippen LogP) is 9.44. The number of hydrogen-bond acceptors (Lipinski definition) is 6. The molecule has 0 aliphatic carbocycles. The monoisotopic (exact) mass is 598 g/mol. The summed E-state index contributed by atoms with van der Waals surface area (Å²) < 4.78 is 23.0. The minimum Gasteiger partial charge on any atom is -0.493 e. The van der Waals surface area contributed by atoms with Crippen molar-refractivity contribution in [3.8, 4) is 22.6 Å². The lowest BCUT2D eigenvalue weighted by Gasteiger charge is -2.20. The van der Waals surface area contributed by atoms with Crippen LogP contribution in [0.3, 0.4) is 0 Å². The fraction of sp³-hybridized carbons (Fsp3) is 0.421. The Balaban J connectivity index is 1.50. The second kappa shape index (κ2) is 17.9. The summed E-state index contributed by atoms with van der Waals surface area (Å²) in [5.74, 6) is 1.45. The highest BCUT2D eigenvalue weighted by Gasteiger charge is 2.19. The molecule has 0 unspecified atom stereocenters. The van der Waals surface area contributed by atoms with Crippen LogP contribution < -0.4 is 9.47 Å². The zero-order valence-electron chi connectivity index (χ0n) is 26.3. The van der Waals surface area contributed by atoms with E-state index in [4.69, 9.17) is 18.9 Å². The van der Waals surface area contributed by atoms with Crippen molar-refractivity contribution in [2.75, 3.05) is 26.4 Å². The standard InChI is InChI=1S/C38H46O6/c1-3-41-35(39)21-9-5-7-15-27-43-33-25-23-29-17-11-13-19-31(29)37(33)38-32-20-14-12-18-30(32)24-26-34(38)44-28-16-8-6-10-22-36(40)42-4-2/h11-14,17-20,23-26H,3-10,15-16,21-22,27-28H2,1-2H3. The van der Waals surface area contributed by atoms with Gasteiger partial charge >= 0.3 is 11.9 Å². The molecular weight excluding hydrogens is 552 g/mol. The van der Waals surface area contributed by atoms with Gasteiger partial charge in [0.1, 0.15) is 11.5 Å². The number of carbonyl (C=O) groups excluding carboxylic acids is 2. The average Bonchev–Trinajstić information content (AvgIpc) is 3.04. The zero-order valence-corrected chi connectivity index (χ0v) is 26.3. The van der Waals surface area contributed by atoms with Gasteiger partial charge in [0.15, 0.2) is 0 Å². The predicted molar refractivity (Wildman–Crippen MR) is 177 cm³/mol. The molecule has 0 radical (unpaired) electrons. The van der Waals surface area contributed by atoms with Crippen LogP contribution in [0.4, 0.5) is 0 Å². The van der Waals surface area contributed by atoms with Crippen LogP contribution in [0, 0.1) is 0 Å². The first-order chi connectivity index (χ1) is 21.6. The molecular formula is C38H46O6. The van der Waals surface area contributed by atoms with Crippen molar-refractivity contribution >= 4 is 33.5 Å². The topological polar surface area (TPSA) is 71.1 Å². The van der Waals surface area contributed by atoms with Gasteiger partial charge < -0.3 is 18.9 Å². The molecule has 0 saturated heterocycles. The molecule has 0 aliphatic heterocycles. The lowest BCUT2D eigenvalue weighted by molar-refractivity contribution is -0.144. The number of unbranched alkanes of at least 4 members (excludes halogenated alkanes) is 6. The molecule has 0 saturated carbocycles. The molecule has 4 rings (SSSR count). The van der Waals surface area contributed by atoms with Gasteiger partial charge in [-0.15, -0.1) is 0 Å². The maximum Gasteiger partial charge on any atom is 0.305 e. The van der Waals surface area contributed by atoms with Crippen molar-refractivity contribution < 1.29 is 28.5 Å². The van der Waals surface area contributed by atoms with E-state index in [1.807, 2.05) is 13.8 Å². The van der Waals surface area contributed by atoms with Gasteiger partial charge in [0.05, 0.1) is 26.4 Å². The van der Waals surface area contributed by atoms with Crippen molar-refractivity contribution in [1.82, 2.24) is 0 Å². The first-order valence-electron chi connectivity index (χ1n) is 16.2. The summed E-state index contributed by atoms with van der Waals surface area (Å²) in [6.45, 7) is 5.73. The molecule has 0 aromatic heterocycles. The van der Waals surface area contributed by atoms with Crippen LogP contribution in [0.1, 0.15) is 78.1 Å². The SMILES string of the molecule is CCOC(=O)CCCCCCOc1ccc2ccccc2c1-c1c(OCCCCCCC(=O)OCC)ccc2ccccc12. The highest BCUT2D eigenvalue weighted by Crippen LogP contribution is 2.45. The third kappa shape index (κ3) is 9.47. The summed E-state index contributed by atoms with van der Waals surface area (Å²) in [5.41, 5.74) is 2.10. The van der Waals surface area contributed by atoms with Gasteiger partial charge in [-0.3, -0.25) is 9.59 Å². The number of hydrogen-bond donors (Lipinski definition) is 0. The smallest absolute Gasteiger partial charge is 0.305 e. The van der Waals surface area contributed by atoms with Gasteiger partial charge in [-0.1, -0.05) is 86.3 Å². The second-order valence-electron chi connectivity index (χ2n) is 11.0. The molecule has 0 spiro atoms. The molecule has 234 valence electrons. The molecule has 0 heterocycles. The first-order valence-corrected chi connectivity index (χ1v) is 16.2. The van der Waals surface area contributed by atoms with E-state index in [2.05, 4.69) is 72.8 Å². The maximum absolute atomic E-state index is 11.6. The van der Waals surface area contributed by atoms with Crippen LogP contribution >= 0.6 is 0 Å². The van der Waals surface area contributed by atoms with E-state index in [0.717, 1.165) is 95.5 Å². The van der Waals surface area contributed by atoms with Crippen LogP contribution in [-0.2, 0) is 19.1 Å². The minimum atomic E-state index is -0.119. The van der Waals surface area contributed by atoms with E-state index in [1.165, 1.54) is 0 Å². The molecule has 0 bridgehead atoms. The fourth-order valence-electron chi connectivity index (χ4n) is 5.54. The summed E-state index contributed by atoms with van der Waals surface area (Å²) in [5, 5.41) is 4.54. The van der Waals surface area contributed by atoms with E-state index >= 15 is 0 Å². The van der Waals surface area contributed by atoms with Crippen LogP contribution in [0.2, 0.25) is 0 Å². The molecule has 0 amide bonds. The van der Waals surface area contributed by atoms with Crippen molar-refractivity contribution in [1.29, 1.82) is 0 Å². The summed E-state index contributed by atoms with van der Waals surface area (Å²) in [6.07, 6.45) is 8.35. The highest BCUT2D eigenvalue weighted by molar-refractivity contribution is 6.09. The number of carbonyl (C=O) groups is 2. The quantitative estimate of drug-likeness (QED) is 0.0791. The van der Waals surface area contributed by atoms with Gasteiger partial charge in [0.25, 0.3) is 0 Å². The van der Waals surface area contributed by atoms with Gasteiger partial charge in [-0.2, -0.15) is 0 Å². The Kier molecular flexibility index (Phi) is 13.4. The molecule has 6 nitrogen and oxygen atoms in total. The highest BCUT2D eigenvalue weighted by atomic mass is 16.5. The third-order valence-corrected chi connectivity index (χ3v) is 7.71. The number of ether oxygens (including phenoxy) is 4. The van der Waals surface area contributed by atoms with Gasteiger partial charge in [0.2, 0.25) is 0 Å². The van der Waals surface area contributed by atoms with Crippen molar-refractivity contribution in [2.24, 2.45) is 0 Å².